The molecule has 2 rings (SSSR count). The first-order valence-electron chi connectivity index (χ1n) is 8.14. The summed E-state index contributed by atoms with van der Waals surface area (Å²) in [5.74, 6) is -1.82. The quantitative estimate of drug-likeness (QED) is 0.437. The highest BCUT2D eigenvalue weighted by Gasteiger charge is 2.17. The third-order valence-corrected chi connectivity index (χ3v) is 4.86. The van der Waals surface area contributed by atoms with Crippen LogP contribution in [0.3, 0.4) is 0 Å². The van der Waals surface area contributed by atoms with Crippen LogP contribution in [0.25, 0.3) is 10.8 Å². The predicted molar refractivity (Wildman–Crippen MR) is 102 cm³/mol. The standard InChI is InChI=1S/C18H19N3O6S/c1-2-9-19-18(24)21-16(22)12-27-17(23)11-20-28(25,26)15-8-7-13-5-3-4-6-14(13)10-15/h2-8,10,20H,1,9,11-12H2,(H2,19,21,22,24). The van der Waals surface area contributed by atoms with Crippen LogP contribution in [-0.2, 0) is 24.3 Å². The number of imide groups is 1. The molecule has 0 aromatic heterocycles. The van der Waals surface area contributed by atoms with E-state index in [0.29, 0.717) is 0 Å². The first kappa shape index (κ1) is 21.1. The van der Waals surface area contributed by atoms with E-state index < -0.39 is 41.1 Å². The van der Waals surface area contributed by atoms with Gasteiger partial charge in [0.2, 0.25) is 10.0 Å². The Labute approximate surface area is 161 Å². The Hall–Kier alpha value is -3.24. The van der Waals surface area contributed by atoms with E-state index in [1.807, 2.05) is 17.4 Å². The summed E-state index contributed by atoms with van der Waals surface area (Å²) in [5.41, 5.74) is 0. The van der Waals surface area contributed by atoms with Crippen LogP contribution in [0, 0.1) is 0 Å². The zero-order valence-electron chi connectivity index (χ0n) is 14.8. The first-order chi connectivity index (χ1) is 13.3. The topological polar surface area (TPSA) is 131 Å². The molecule has 9 nitrogen and oxygen atoms in total. The molecule has 3 N–H and O–H groups in total. The van der Waals surface area contributed by atoms with Gasteiger partial charge in [-0.15, -0.1) is 6.58 Å². The van der Waals surface area contributed by atoms with Gasteiger partial charge in [-0.2, -0.15) is 4.72 Å². The zero-order valence-corrected chi connectivity index (χ0v) is 15.6. The Morgan fingerprint density at radius 3 is 2.50 bits per heavy atom. The number of carbonyl (C=O) groups is 3. The molecule has 0 atom stereocenters. The van der Waals surface area contributed by atoms with Crippen LogP contribution in [0.5, 0.6) is 0 Å². The van der Waals surface area contributed by atoms with Crippen LogP contribution >= 0.6 is 0 Å². The number of hydrogen-bond acceptors (Lipinski definition) is 6. The Balaban J connectivity index is 1.84. The van der Waals surface area contributed by atoms with Gasteiger partial charge in [0.15, 0.2) is 6.61 Å². The summed E-state index contributed by atoms with van der Waals surface area (Å²) in [7, 11) is -3.94. The minimum atomic E-state index is -3.94. The number of sulfonamides is 1. The molecule has 2 aromatic rings. The van der Waals surface area contributed by atoms with Crippen molar-refractivity contribution in [1.29, 1.82) is 0 Å². The van der Waals surface area contributed by atoms with E-state index in [-0.39, 0.29) is 11.4 Å². The molecule has 0 bridgehead atoms. The average molecular weight is 405 g/mol. The van der Waals surface area contributed by atoms with E-state index in [0.717, 1.165) is 10.8 Å². The number of benzene rings is 2. The molecule has 0 heterocycles. The number of fused-ring (bicyclic) bond motifs is 1. The van der Waals surface area contributed by atoms with Crippen LogP contribution in [0.4, 0.5) is 4.79 Å². The van der Waals surface area contributed by atoms with Gasteiger partial charge in [0.05, 0.1) is 4.90 Å². The molecule has 28 heavy (non-hydrogen) atoms. The molecule has 0 radical (unpaired) electrons. The molecule has 0 fully saturated rings. The second-order valence-corrected chi connectivity index (χ2v) is 7.31. The summed E-state index contributed by atoms with van der Waals surface area (Å²) in [6.07, 6.45) is 1.42. The summed E-state index contributed by atoms with van der Waals surface area (Å²) in [5, 5.41) is 5.85. The van der Waals surface area contributed by atoms with E-state index in [1.54, 1.807) is 18.2 Å². The number of carbonyl (C=O) groups excluding carboxylic acids is 3. The van der Waals surface area contributed by atoms with Crippen LogP contribution in [0.1, 0.15) is 0 Å². The fourth-order valence-corrected chi connectivity index (χ4v) is 3.14. The van der Waals surface area contributed by atoms with Crippen molar-refractivity contribution in [2.75, 3.05) is 19.7 Å². The van der Waals surface area contributed by atoms with Crippen molar-refractivity contribution in [2.24, 2.45) is 0 Å². The second kappa shape index (κ2) is 9.62. The zero-order chi connectivity index (χ0) is 20.6. The summed E-state index contributed by atoms with van der Waals surface area (Å²) >= 11 is 0. The number of amides is 3. The van der Waals surface area contributed by atoms with Gasteiger partial charge in [-0.1, -0.05) is 36.4 Å². The highest BCUT2D eigenvalue weighted by molar-refractivity contribution is 7.89. The van der Waals surface area contributed by atoms with Gasteiger partial charge in [-0.3, -0.25) is 14.9 Å². The fraction of sp³-hybridized carbons (Fsp3) is 0.167. The van der Waals surface area contributed by atoms with E-state index in [9.17, 15) is 22.8 Å². The molecule has 0 aliphatic carbocycles. The maximum Gasteiger partial charge on any atom is 0.321 e. The number of nitrogens with one attached hydrogen (secondary N) is 3. The van der Waals surface area contributed by atoms with Crippen LogP contribution in [0.15, 0.2) is 60.0 Å². The van der Waals surface area contributed by atoms with Gasteiger partial charge < -0.3 is 10.1 Å². The molecule has 2 aromatic carbocycles. The maximum atomic E-state index is 12.3. The molecule has 0 saturated carbocycles. The van der Waals surface area contributed by atoms with Crippen molar-refractivity contribution in [2.45, 2.75) is 4.90 Å². The van der Waals surface area contributed by atoms with Crippen LogP contribution < -0.4 is 15.4 Å². The molecule has 148 valence electrons. The minimum Gasteiger partial charge on any atom is -0.455 e. The number of ether oxygens (including phenoxy) is 1. The number of rotatable bonds is 8. The Bertz CT molecular complexity index is 1000. The van der Waals surface area contributed by atoms with Gasteiger partial charge >= 0.3 is 12.0 Å². The summed E-state index contributed by atoms with van der Waals surface area (Å²) in [4.78, 5) is 34.3. The molecule has 10 heteroatoms. The van der Waals surface area contributed by atoms with Crippen molar-refractivity contribution in [1.82, 2.24) is 15.4 Å². The third kappa shape index (κ3) is 6.18. The highest BCUT2D eigenvalue weighted by atomic mass is 32.2. The first-order valence-corrected chi connectivity index (χ1v) is 9.63. The molecular weight excluding hydrogens is 386 g/mol. The van der Waals surface area contributed by atoms with Crippen LogP contribution in [-0.4, -0.2) is 46.0 Å². The monoisotopic (exact) mass is 405 g/mol. The Morgan fingerprint density at radius 1 is 1.07 bits per heavy atom. The van der Waals surface area contributed by atoms with Gasteiger partial charge in [-0.05, 0) is 22.9 Å². The SMILES string of the molecule is C=CCNC(=O)NC(=O)COC(=O)CNS(=O)(=O)c1ccc2ccccc2c1. The molecular formula is C18H19N3O6S. The highest BCUT2D eigenvalue weighted by Crippen LogP contribution is 2.18. The normalized spacial score (nSPS) is 10.9. The lowest BCUT2D eigenvalue weighted by Crippen LogP contribution is -2.42. The van der Waals surface area contributed by atoms with Crippen molar-refractivity contribution in [3.05, 3.63) is 55.1 Å². The lowest BCUT2D eigenvalue weighted by atomic mass is 10.1. The molecule has 0 saturated heterocycles. The lowest BCUT2D eigenvalue weighted by molar-refractivity contribution is -0.147. The number of urea groups is 1. The van der Waals surface area contributed by atoms with Crippen molar-refractivity contribution in [3.63, 3.8) is 0 Å². The van der Waals surface area contributed by atoms with Gasteiger partial charge in [0, 0.05) is 6.54 Å². The number of hydrogen-bond donors (Lipinski definition) is 3. The van der Waals surface area contributed by atoms with Gasteiger partial charge in [0.25, 0.3) is 5.91 Å². The van der Waals surface area contributed by atoms with Crippen molar-refractivity contribution in [3.8, 4) is 0 Å². The van der Waals surface area contributed by atoms with E-state index >= 15 is 0 Å². The predicted octanol–water partition coefficient (Wildman–Crippen LogP) is 0.673. The summed E-state index contributed by atoms with van der Waals surface area (Å²) in [6.45, 7) is 2.17. The van der Waals surface area contributed by atoms with E-state index in [1.165, 1.54) is 18.2 Å². The van der Waals surface area contributed by atoms with Crippen molar-refractivity contribution >= 4 is 38.7 Å². The lowest BCUT2D eigenvalue weighted by Gasteiger charge is -2.08. The second-order valence-electron chi connectivity index (χ2n) is 5.54. The van der Waals surface area contributed by atoms with Gasteiger partial charge in [-0.25, -0.2) is 13.2 Å². The smallest absolute Gasteiger partial charge is 0.321 e. The Morgan fingerprint density at radius 2 is 1.79 bits per heavy atom. The minimum absolute atomic E-state index is 0.00404. The number of esters is 1. The largest absolute Gasteiger partial charge is 0.455 e. The van der Waals surface area contributed by atoms with Crippen LogP contribution in [0.2, 0.25) is 0 Å². The molecule has 0 spiro atoms. The summed E-state index contributed by atoms with van der Waals surface area (Å²) < 4.78 is 31.4. The average Bonchev–Trinajstić information content (AvgIpc) is 2.68. The molecule has 0 unspecified atom stereocenters. The molecule has 3 amide bonds. The van der Waals surface area contributed by atoms with E-state index in [4.69, 9.17) is 0 Å². The molecule has 0 aliphatic heterocycles. The maximum absolute atomic E-state index is 12.3. The fourth-order valence-electron chi connectivity index (χ4n) is 2.14. The third-order valence-electron chi connectivity index (χ3n) is 3.46. The molecule has 0 aliphatic rings. The van der Waals surface area contributed by atoms with Crippen molar-refractivity contribution < 1.29 is 27.5 Å². The van der Waals surface area contributed by atoms with Gasteiger partial charge in [0.1, 0.15) is 6.54 Å². The van der Waals surface area contributed by atoms with E-state index in [2.05, 4.69) is 21.4 Å². The summed E-state index contributed by atoms with van der Waals surface area (Å²) in [6, 6.07) is 11.0. The Kier molecular flexibility index (Phi) is 7.24.